The largest absolute Gasteiger partial charge is 0.493 e. The molecule has 0 unspecified atom stereocenters. The number of benzene rings is 1. The Balaban J connectivity index is 1.87. The lowest BCUT2D eigenvalue weighted by atomic mass is 10.1. The number of hydrogen-bond donors (Lipinski definition) is 1. The van der Waals surface area contributed by atoms with Gasteiger partial charge in [0.05, 0.1) is 20.1 Å². The molecule has 19 heavy (non-hydrogen) atoms. The Morgan fingerprint density at radius 2 is 2.00 bits per heavy atom. The summed E-state index contributed by atoms with van der Waals surface area (Å²) in [6.07, 6.45) is 4.52. The third-order valence-electron chi connectivity index (χ3n) is 3.32. The minimum absolute atomic E-state index is 0.774. The van der Waals surface area contributed by atoms with Crippen LogP contribution in [-0.4, -0.2) is 33.1 Å². The zero-order chi connectivity index (χ0) is 13.5. The summed E-state index contributed by atoms with van der Waals surface area (Å²) in [5.41, 5.74) is 1.24. The summed E-state index contributed by atoms with van der Waals surface area (Å²) < 4.78 is 10.5. The van der Waals surface area contributed by atoms with Crippen molar-refractivity contribution in [1.29, 1.82) is 0 Å². The van der Waals surface area contributed by atoms with Crippen molar-refractivity contribution < 1.29 is 9.47 Å². The summed E-state index contributed by atoms with van der Waals surface area (Å²) in [4.78, 5) is 4.48. The van der Waals surface area contributed by atoms with Gasteiger partial charge < -0.3 is 14.8 Å². The molecule has 0 saturated heterocycles. The van der Waals surface area contributed by atoms with E-state index in [9.17, 15) is 0 Å². The smallest absolute Gasteiger partial charge is 0.160 e. The molecule has 0 bridgehead atoms. The van der Waals surface area contributed by atoms with Gasteiger partial charge in [-0.05, 0) is 37.0 Å². The number of nitrogens with zero attached hydrogens (tertiary/aromatic N) is 1. The minimum Gasteiger partial charge on any atom is -0.493 e. The molecule has 1 aliphatic heterocycles. The number of ether oxygens (including phenoxy) is 2. The molecule has 0 saturated carbocycles. The van der Waals surface area contributed by atoms with Gasteiger partial charge in [0.25, 0.3) is 0 Å². The summed E-state index contributed by atoms with van der Waals surface area (Å²) in [5.74, 6) is 2.72. The topological polar surface area (TPSA) is 42.8 Å². The lowest BCUT2D eigenvalue weighted by molar-refractivity contribution is 0.354. The van der Waals surface area contributed by atoms with Gasteiger partial charge in [-0.1, -0.05) is 6.07 Å². The van der Waals surface area contributed by atoms with Crippen molar-refractivity contribution in [3.63, 3.8) is 0 Å². The van der Waals surface area contributed by atoms with Crippen LogP contribution < -0.4 is 14.8 Å². The van der Waals surface area contributed by atoms with Gasteiger partial charge >= 0.3 is 0 Å². The second-order valence-corrected chi connectivity index (χ2v) is 4.65. The van der Waals surface area contributed by atoms with E-state index in [2.05, 4.69) is 16.4 Å². The van der Waals surface area contributed by atoms with Crippen LogP contribution in [-0.2, 0) is 6.42 Å². The quantitative estimate of drug-likeness (QED) is 0.886. The first-order valence-electron chi connectivity index (χ1n) is 6.81. The third kappa shape index (κ3) is 3.88. The van der Waals surface area contributed by atoms with E-state index < -0.39 is 0 Å². The number of hydrogen-bond acceptors (Lipinski definition) is 4. The van der Waals surface area contributed by atoms with E-state index in [4.69, 9.17) is 9.47 Å². The first-order chi connectivity index (χ1) is 9.33. The summed E-state index contributed by atoms with van der Waals surface area (Å²) >= 11 is 0. The van der Waals surface area contributed by atoms with Gasteiger partial charge in [-0.25, -0.2) is 0 Å². The zero-order valence-electron chi connectivity index (χ0n) is 11.7. The van der Waals surface area contributed by atoms with Crippen LogP contribution in [0.5, 0.6) is 11.5 Å². The Labute approximate surface area is 114 Å². The summed E-state index contributed by atoms with van der Waals surface area (Å²) in [7, 11) is 3.32. The van der Waals surface area contributed by atoms with Crippen LogP contribution >= 0.6 is 0 Å². The Morgan fingerprint density at radius 1 is 1.16 bits per heavy atom. The molecule has 0 spiro atoms. The molecule has 1 heterocycles. The van der Waals surface area contributed by atoms with Crippen molar-refractivity contribution in [2.75, 3.05) is 27.3 Å². The van der Waals surface area contributed by atoms with Crippen molar-refractivity contribution in [2.24, 2.45) is 4.99 Å². The normalized spacial score (nSPS) is 14.7. The maximum atomic E-state index is 5.30. The summed E-state index contributed by atoms with van der Waals surface area (Å²) in [5, 5.41) is 3.41. The van der Waals surface area contributed by atoms with Gasteiger partial charge in [0, 0.05) is 19.5 Å². The van der Waals surface area contributed by atoms with Gasteiger partial charge in [0.1, 0.15) is 0 Å². The molecule has 4 nitrogen and oxygen atoms in total. The number of rotatable bonds is 5. The highest BCUT2D eigenvalue weighted by Gasteiger charge is 2.06. The molecular formula is C15H22N2O2. The molecule has 0 amide bonds. The van der Waals surface area contributed by atoms with Crippen molar-refractivity contribution in [3.8, 4) is 11.5 Å². The zero-order valence-corrected chi connectivity index (χ0v) is 11.7. The van der Waals surface area contributed by atoms with Crippen LogP contribution in [0.3, 0.4) is 0 Å². The Morgan fingerprint density at radius 3 is 2.68 bits per heavy atom. The summed E-state index contributed by atoms with van der Waals surface area (Å²) in [6, 6.07) is 6.06. The average molecular weight is 262 g/mol. The van der Waals surface area contributed by atoms with E-state index in [1.54, 1.807) is 14.2 Å². The van der Waals surface area contributed by atoms with Crippen molar-refractivity contribution in [2.45, 2.75) is 25.7 Å². The number of methoxy groups -OCH3 is 2. The van der Waals surface area contributed by atoms with Crippen LogP contribution in [0, 0.1) is 0 Å². The van der Waals surface area contributed by atoms with E-state index in [1.165, 1.54) is 18.4 Å². The van der Waals surface area contributed by atoms with Crippen molar-refractivity contribution in [1.82, 2.24) is 5.32 Å². The maximum absolute atomic E-state index is 5.30. The van der Waals surface area contributed by atoms with E-state index in [1.807, 2.05) is 12.1 Å². The third-order valence-corrected chi connectivity index (χ3v) is 3.32. The Hall–Kier alpha value is -1.71. The molecule has 1 aromatic carbocycles. The van der Waals surface area contributed by atoms with Crippen LogP contribution in [0.1, 0.15) is 24.8 Å². The lowest BCUT2D eigenvalue weighted by Crippen LogP contribution is -2.27. The first-order valence-corrected chi connectivity index (χ1v) is 6.81. The fourth-order valence-corrected chi connectivity index (χ4v) is 2.23. The van der Waals surface area contributed by atoms with E-state index in [-0.39, 0.29) is 0 Å². The maximum Gasteiger partial charge on any atom is 0.160 e. The molecule has 1 N–H and O–H groups in total. The van der Waals surface area contributed by atoms with Gasteiger partial charge in [0.2, 0.25) is 0 Å². The van der Waals surface area contributed by atoms with E-state index >= 15 is 0 Å². The summed E-state index contributed by atoms with van der Waals surface area (Å²) in [6.45, 7) is 1.88. The monoisotopic (exact) mass is 262 g/mol. The highest BCUT2D eigenvalue weighted by atomic mass is 16.5. The number of aliphatic imine (C=N–C) groups is 1. The fourth-order valence-electron chi connectivity index (χ4n) is 2.23. The van der Waals surface area contributed by atoms with Gasteiger partial charge in [-0.15, -0.1) is 0 Å². The minimum atomic E-state index is 0.774. The molecule has 0 aliphatic carbocycles. The van der Waals surface area contributed by atoms with Crippen LogP contribution in [0.2, 0.25) is 0 Å². The molecule has 0 fully saturated rings. The molecule has 104 valence electrons. The SMILES string of the molecule is COc1ccc(CCNC2=NCCCC2)cc1OC. The molecule has 1 aromatic rings. The van der Waals surface area contributed by atoms with Gasteiger partial charge in [-0.2, -0.15) is 0 Å². The highest BCUT2D eigenvalue weighted by Crippen LogP contribution is 2.27. The Bertz CT molecular complexity index is 444. The lowest BCUT2D eigenvalue weighted by Gasteiger charge is -2.14. The first kappa shape index (κ1) is 13.7. The fraction of sp³-hybridized carbons (Fsp3) is 0.533. The molecule has 0 radical (unpaired) electrons. The highest BCUT2D eigenvalue weighted by molar-refractivity contribution is 5.82. The number of amidine groups is 1. The van der Waals surface area contributed by atoms with Crippen LogP contribution in [0.4, 0.5) is 0 Å². The molecule has 4 heteroatoms. The van der Waals surface area contributed by atoms with Crippen molar-refractivity contribution >= 4 is 5.84 Å². The van der Waals surface area contributed by atoms with Crippen LogP contribution in [0.15, 0.2) is 23.2 Å². The molecule has 1 aliphatic rings. The number of nitrogens with one attached hydrogen (secondary N) is 1. The predicted octanol–water partition coefficient (Wildman–Crippen LogP) is 2.42. The van der Waals surface area contributed by atoms with E-state index in [0.717, 1.165) is 43.3 Å². The van der Waals surface area contributed by atoms with Gasteiger partial charge in [0.15, 0.2) is 11.5 Å². The van der Waals surface area contributed by atoms with Crippen LogP contribution in [0.25, 0.3) is 0 Å². The second-order valence-electron chi connectivity index (χ2n) is 4.65. The molecule has 0 aromatic heterocycles. The average Bonchev–Trinajstić information content (AvgIpc) is 2.48. The molecular weight excluding hydrogens is 240 g/mol. The molecule has 2 rings (SSSR count). The predicted molar refractivity (Wildman–Crippen MR) is 77.4 cm³/mol. The Kier molecular flexibility index (Phi) is 5.07. The van der Waals surface area contributed by atoms with Gasteiger partial charge in [-0.3, -0.25) is 4.99 Å². The van der Waals surface area contributed by atoms with E-state index in [0.29, 0.717) is 0 Å². The molecule has 0 atom stereocenters. The second kappa shape index (κ2) is 7.02. The standard InChI is InChI=1S/C15H22N2O2/c1-18-13-7-6-12(11-14(13)19-2)8-10-17-15-5-3-4-9-16-15/h6-7,11H,3-5,8-10H2,1-2H3,(H,16,17). The van der Waals surface area contributed by atoms with Crippen molar-refractivity contribution in [3.05, 3.63) is 23.8 Å².